The average molecular weight is 274 g/mol. The predicted molar refractivity (Wildman–Crippen MR) is 74.5 cm³/mol. The van der Waals surface area contributed by atoms with E-state index in [1.54, 1.807) is 10.9 Å². The van der Waals surface area contributed by atoms with Gasteiger partial charge in [0.05, 0.1) is 24.5 Å². The number of aryl methyl sites for hydroxylation is 2. The Morgan fingerprint density at radius 1 is 1.55 bits per heavy atom. The Bertz CT molecular complexity index is 673. The molecule has 1 N–H and O–H groups in total. The number of ether oxygens (including phenoxy) is 1. The molecule has 6 heteroatoms. The first-order valence-corrected chi connectivity index (χ1v) is 6.64. The van der Waals surface area contributed by atoms with E-state index in [9.17, 15) is 4.79 Å². The Labute approximate surface area is 117 Å². The third-order valence-electron chi connectivity index (χ3n) is 3.70. The number of hydrogen-bond donors (Lipinski definition) is 1. The Balaban J connectivity index is 1.79. The van der Waals surface area contributed by atoms with Crippen LogP contribution in [0.25, 0.3) is 11.0 Å². The number of nitrogens with zero attached hydrogens (tertiary/aromatic N) is 3. The first-order chi connectivity index (χ1) is 9.48. The van der Waals surface area contributed by atoms with Gasteiger partial charge in [0.1, 0.15) is 0 Å². The predicted octanol–water partition coefficient (Wildman–Crippen LogP) is 1.04. The molecule has 0 atom stereocenters. The second-order valence-corrected chi connectivity index (χ2v) is 5.79. The summed E-state index contributed by atoms with van der Waals surface area (Å²) in [6.07, 6.45) is 1.60. The highest BCUT2D eigenvalue weighted by atomic mass is 16.5. The molecule has 2 aromatic rings. The Hall–Kier alpha value is -1.95. The third kappa shape index (κ3) is 2.16. The molecule has 0 unspecified atom stereocenters. The molecular formula is C14H18N4O2. The van der Waals surface area contributed by atoms with Gasteiger partial charge in [0.15, 0.2) is 5.65 Å². The van der Waals surface area contributed by atoms with E-state index in [1.165, 1.54) is 0 Å². The van der Waals surface area contributed by atoms with Crippen LogP contribution in [0.5, 0.6) is 0 Å². The summed E-state index contributed by atoms with van der Waals surface area (Å²) in [4.78, 5) is 16.5. The van der Waals surface area contributed by atoms with Gasteiger partial charge in [-0.05, 0) is 13.0 Å². The molecule has 0 aromatic carbocycles. The fourth-order valence-corrected chi connectivity index (χ4v) is 2.38. The number of aromatic nitrogens is 3. The lowest BCUT2D eigenvalue weighted by atomic mass is 9.89. The van der Waals surface area contributed by atoms with E-state index in [0.717, 1.165) is 16.7 Å². The summed E-state index contributed by atoms with van der Waals surface area (Å²) in [5, 5.41) is 8.17. The van der Waals surface area contributed by atoms with Crippen molar-refractivity contribution in [3.05, 3.63) is 23.5 Å². The molecule has 6 nitrogen and oxygen atoms in total. The molecular weight excluding hydrogens is 256 g/mol. The average Bonchev–Trinajstić information content (AvgIpc) is 2.69. The summed E-state index contributed by atoms with van der Waals surface area (Å²) in [5.74, 6) is -0.101. The summed E-state index contributed by atoms with van der Waals surface area (Å²) < 4.78 is 6.90. The maximum atomic E-state index is 12.2. The van der Waals surface area contributed by atoms with Crippen LogP contribution in [0.3, 0.4) is 0 Å². The summed E-state index contributed by atoms with van der Waals surface area (Å²) in [7, 11) is 1.85. The van der Waals surface area contributed by atoms with Gasteiger partial charge in [-0.15, -0.1) is 0 Å². The molecule has 0 aliphatic carbocycles. The van der Waals surface area contributed by atoms with Crippen molar-refractivity contribution in [2.75, 3.05) is 19.8 Å². The Morgan fingerprint density at radius 2 is 2.30 bits per heavy atom. The van der Waals surface area contributed by atoms with Crippen LogP contribution >= 0.6 is 0 Å². The number of pyridine rings is 1. The normalized spacial score (nSPS) is 16.9. The molecule has 3 rings (SSSR count). The van der Waals surface area contributed by atoms with Crippen molar-refractivity contribution in [2.45, 2.75) is 13.8 Å². The maximum absolute atomic E-state index is 12.2. The van der Waals surface area contributed by atoms with E-state index in [-0.39, 0.29) is 11.3 Å². The zero-order valence-electron chi connectivity index (χ0n) is 11.9. The largest absolute Gasteiger partial charge is 0.380 e. The van der Waals surface area contributed by atoms with E-state index in [4.69, 9.17) is 4.74 Å². The van der Waals surface area contributed by atoms with Gasteiger partial charge in [-0.3, -0.25) is 9.48 Å². The van der Waals surface area contributed by atoms with E-state index in [0.29, 0.717) is 25.3 Å². The lowest BCUT2D eigenvalue weighted by Crippen LogP contribution is -2.48. The van der Waals surface area contributed by atoms with Crippen molar-refractivity contribution in [2.24, 2.45) is 12.5 Å². The first-order valence-electron chi connectivity index (χ1n) is 6.64. The molecule has 20 heavy (non-hydrogen) atoms. The molecule has 0 radical (unpaired) electrons. The minimum Gasteiger partial charge on any atom is -0.380 e. The topological polar surface area (TPSA) is 69.0 Å². The molecule has 1 amide bonds. The summed E-state index contributed by atoms with van der Waals surface area (Å²) in [5.41, 5.74) is 2.30. The van der Waals surface area contributed by atoms with Crippen LogP contribution in [0, 0.1) is 12.3 Å². The molecule has 0 saturated carbocycles. The van der Waals surface area contributed by atoms with Crippen LogP contribution in [-0.4, -0.2) is 40.4 Å². The van der Waals surface area contributed by atoms with Crippen LogP contribution in [0.2, 0.25) is 0 Å². The van der Waals surface area contributed by atoms with Crippen molar-refractivity contribution >= 4 is 16.9 Å². The highest BCUT2D eigenvalue weighted by molar-refractivity contribution is 5.97. The van der Waals surface area contributed by atoms with Crippen molar-refractivity contribution in [3.8, 4) is 0 Å². The van der Waals surface area contributed by atoms with Gasteiger partial charge in [-0.2, -0.15) is 5.10 Å². The number of carbonyl (C=O) groups is 1. The minimum absolute atomic E-state index is 0.0669. The molecule has 1 aliphatic rings. The van der Waals surface area contributed by atoms with Gasteiger partial charge >= 0.3 is 0 Å². The molecule has 0 bridgehead atoms. The molecule has 106 valence electrons. The lowest BCUT2D eigenvalue weighted by molar-refractivity contribution is -0.0978. The van der Waals surface area contributed by atoms with Crippen molar-refractivity contribution in [1.82, 2.24) is 20.1 Å². The van der Waals surface area contributed by atoms with Crippen LogP contribution < -0.4 is 5.32 Å². The van der Waals surface area contributed by atoms with Crippen LogP contribution in [0.1, 0.15) is 23.0 Å². The molecule has 1 saturated heterocycles. The number of carbonyl (C=O) groups excluding carboxylic acids is 1. The number of nitrogens with one attached hydrogen (secondary N) is 1. The van der Waals surface area contributed by atoms with Crippen LogP contribution in [-0.2, 0) is 11.8 Å². The van der Waals surface area contributed by atoms with E-state index >= 15 is 0 Å². The van der Waals surface area contributed by atoms with Gasteiger partial charge in [0, 0.05) is 30.6 Å². The number of rotatable bonds is 3. The molecule has 2 aromatic heterocycles. The van der Waals surface area contributed by atoms with E-state index < -0.39 is 0 Å². The second kappa shape index (κ2) is 4.56. The lowest BCUT2D eigenvalue weighted by Gasteiger charge is -2.37. The van der Waals surface area contributed by atoms with Crippen molar-refractivity contribution < 1.29 is 9.53 Å². The SMILES string of the molecule is Cc1nn(C)c2ncc(C(=O)NCC3(C)COC3)cc12. The maximum Gasteiger partial charge on any atom is 0.252 e. The highest BCUT2D eigenvalue weighted by Gasteiger charge is 2.33. The van der Waals surface area contributed by atoms with E-state index in [1.807, 2.05) is 20.0 Å². The van der Waals surface area contributed by atoms with Crippen molar-refractivity contribution in [1.29, 1.82) is 0 Å². The fraction of sp³-hybridized carbons (Fsp3) is 0.500. The second-order valence-electron chi connectivity index (χ2n) is 5.79. The monoisotopic (exact) mass is 274 g/mol. The number of hydrogen-bond acceptors (Lipinski definition) is 4. The summed E-state index contributed by atoms with van der Waals surface area (Å²) in [6, 6.07) is 1.85. The molecule has 3 heterocycles. The van der Waals surface area contributed by atoms with Gasteiger partial charge < -0.3 is 10.1 Å². The minimum atomic E-state index is -0.101. The quantitative estimate of drug-likeness (QED) is 0.908. The molecule has 1 aliphatic heterocycles. The zero-order chi connectivity index (χ0) is 14.3. The third-order valence-corrected chi connectivity index (χ3v) is 3.70. The van der Waals surface area contributed by atoms with Gasteiger partial charge in [0.2, 0.25) is 0 Å². The standard InChI is InChI=1S/C14H18N4O2/c1-9-11-4-10(5-15-12(11)18(3)17-9)13(19)16-6-14(2)7-20-8-14/h4-5H,6-8H2,1-3H3,(H,16,19). The Kier molecular flexibility index (Phi) is 2.97. The van der Waals surface area contributed by atoms with Crippen molar-refractivity contribution in [3.63, 3.8) is 0 Å². The first kappa shape index (κ1) is 13.1. The number of amides is 1. The molecule has 1 fully saturated rings. The van der Waals surface area contributed by atoms with Crippen LogP contribution in [0.15, 0.2) is 12.3 Å². The fourth-order valence-electron chi connectivity index (χ4n) is 2.38. The van der Waals surface area contributed by atoms with Gasteiger partial charge in [0.25, 0.3) is 5.91 Å². The summed E-state index contributed by atoms with van der Waals surface area (Å²) >= 11 is 0. The van der Waals surface area contributed by atoms with Crippen LogP contribution in [0.4, 0.5) is 0 Å². The summed E-state index contributed by atoms with van der Waals surface area (Å²) in [6.45, 7) is 6.04. The smallest absolute Gasteiger partial charge is 0.252 e. The zero-order valence-corrected chi connectivity index (χ0v) is 11.9. The van der Waals surface area contributed by atoms with Gasteiger partial charge in [-0.25, -0.2) is 4.98 Å². The van der Waals surface area contributed by atoms with Gasteiger partial charge in [-0.1, -0.05) is 6.92 Å². The van der Waals surface area contributed by atoms with E-state index in [2.05, 4.69) is 22.3 Å². The Morgan fingerprint density at radius 3 is 2.95 bits per heavy atom. The number of fused-ring (bicyclic) bond motifs is 1. The molecule has 0 spiro atoms. The highest BCUT2D eigenvalue weighted by Crippen LogP contribution is 2.25.